The number of aromatic nitrogens is 2. The van der Waals surface area contributed by atoms with Gasteiger partial charge in [0, 0.05) is 23.1 Å². The topological polar surface area (TPSA) is 71.2 Å². The Morgan fingerprint density at radius 2 is 1.96 bits per heavy atom. The molecular weight excluding hydrogens is 343 g/mol. The van der Waals surface area contributed by atoms with E-state index in [1.54, 1.807) is 12.1 Å². The predicted molar refractivity (Wildman–Crippen MR) is 82.5 cm³/mol. The van der Waals surface area contributed by atoms with E-state index in [2.05, 4.69) is 15.5 Å². The Balaban J connectivity index is 1.71. The van der Waals surface area contributed by atoms with Crippen LogP contribution in [0.25, 0.3) is 0 Å². The molecule has 0 spiro atoms. The largest absolute Gasteiger partial charge is 0.491 e. The normalized spacial score (nSPS) is 13.0. The van der Waals surface area contributed by atoms with Gasteiger partial charge in [-0.15, -0.1) is 11.3 Å². The van der Waals surface area contributed by atoms with E-state index in [1.807, 2.05) is 19.1 Å². The van der Waals surface area contributed by atoms with Crippen molar-refractivity contribution in [1.29, 1.82) is 0 Å². The first kappa shape index (κ1) is 16.3. The summed E-state index contributed by atoms with van der Waals surface area (Å²) in [6.07, 6.45) is -4.45. The maximum Gasteiger partial charge on any atom is 0.434 e. The van der Waals surface area contributed by atoms with Gasteiger partial charge in [0.2, 0.25) is 0 Å². The number of aromatic hydroxyl groups is 1. The average Bonchev–Trinajstić information content (AvgIpc) is 3.16. The standard InChI is InChI=1S/C15H12F3N3O2S/c1-8(11-6-13(22)21-23-11)9-2-4-10(5-3-9)19-14-20-12(7-24-14)15(16,17)18/h2-8H,1H3,(H,19,20)(H,21,22)/t8-/m1/s1. The Hall–Kier alpha value is -2.55. The smallest absolute Gasteiger partial charge is 0.434 e. The maximum atomic E-state index is 12.5. The van der Waals surface area contributed by atoms with Crippen molar-refractivity contribution in [3.05, 3.63) is 52.7 Å². The van der Waals surface area contributed by atoms with Gasteiger partial charge in [-0.1, -0.05) is 19.1 Å². The number of rotatable bonds is 4. The van der Waals surface area contributed by atoms with Crippen molar-refractivity contribution in [3.8, 4) is 5.88 Å². The first-order valence-electron chi connectivity index (χ1n) is 6.88. The van der Waals surface area contributed by atoms with E-state index in [4.69, 9.17) is 4.52 Å². The summed E-state index contributed by atoms with van der Waals surface area (Å²) in [7, 11) is 0. The minimum Gasteiger partial charge on any atom is -0.491 e. The van der Waals surface area contributed by atoms with Gasteiger partial charge in [0.1, 0.15) is 5.76 Å². The maximum absolute atomic E-state index is 12.5. The van der Waals surface area contributed by atoms with Crippen LogP contribution >= 0.6 is 11.3 Å². The zero-order valence-corrected chi connectivity index (χ0v) is 13.1. The van der Waals surface area contributed by atoms with Gasteiger partial charge in [-0.3, -0.25) is 0 Å². The Bertz CT molecular complexity index is 827. The number of nitrogens with one attached hydrogen (secondary N) is 1. The molecule has 0 bridgehead atoms. The van der Waals surface area contributed by atoms with Crippen LogP contribution in [-0.2, 0) is 6.18 Å². The molecule has 126 valence electrons. The number of hydrogen-bond donors (Lipinski definition) is 2. The monoisotopic (exact) mass is 355 g/mol. The highest BCUT2D eigenvalue weighted by atomic mass is 32.1. The zero-order valence-electron chi connectivity index (χ0n) is 12.3. The van der Waals surface area contributed by atoms with E-state index < -0.39 is 11.9 Å². The fourth-order valence-corrected chi connectivity index (χ4v) is 2.83. The molecular formula is C15H12F3N3O2S. The highest BCUT2D eigenvalue weighted by Gasteiger charge is 2.33. The van der Waals surface area contributed by atoms with Gasteiger partial charge in [0.25, 0.3) is 5.88 Å². The van der Waals surface area contributed by atoms with Crippen LogP contribution in [0, 0.1) is 0 Å². The van der Waals surface area contributed by atoms with Crippen LogP contribution in [-0.4, -0.2) is 15.2 Å². The van der Waals surface area contributed by atoms with E-state index in [9.17, 15) is 18.3 Å². The Labute approximate surface area is 138 Å². The lowest BCUT2D eigenvalue weighted by Crippen LogP contribution is -2.05. The molecule has 0 fully saturated rings. The SMILES string of the molecule is C[C@H](c1ccc(Nc2nc(C(F)(F)F)cs2)cc1)c1cc(O)no1. The van der Waals surface area contributed by atoms with Gasteiger partial charge in [-0.25, -0.2) is 4.98 Å². The Kier molecular flexibility index (Phi) is 4.18. The first-order chi connectivity index (χ1) is 11.3. The molecule has 2 heterocycles. The second-order valence-electron chi connectivity index (χ2n) is 5.09. The van der Waals surface area contributed by atoms with Gasteiger partial charge in [-0.2, -0.15) is 13.2 Å². The van der Waals surface area contributed by atoms with Crippen molar-refractivity contribution < 1.29 is 22.8 Å². The summed E-state index contributed by atoms with van der Waals surface area (Å²) in [5.41, 5.74) is 0.617. The Morgan fingerprint density at radius 1 is 1.25 bits per heavy atom. The molecule has 9 heteroatoms. The summed E-state index contributed by atoms with van der Waals surface area (Å²) >= 11 is 0.888. The van der Waals surface area contributed by atoms with Crippen LogP contribution in [0.1, 0.15) is 29.9 Å². The zero-order chi connectivity index (χ0) is 17.3. The van der Waals surface area contributed by atoms with Gasteiger partial charge in [0.05, 0.1) is 0 Å². The van der Waals surface area contributed by atoms with Crippen LogP contribution < -0.4 is 5.32 Å². The molecule has 0 unspecified atom stereocenters. The van der Waals surface area contributed by atoms with E-state index in [-0.39, 0.29) is 16.9 Å². The summed E-state index contributed by atoms with van der Waals surface area (Å²) in [4.78, 5) is 3.52. The van der Waals surface area contributed by atoms with E-state index in [1.165, 1.54) is 6.07 Å². The number of alkyl halides is 3. The number of anilines is 2. The highest BCUT2D eigenvalue weighted by Crippen LogP contribution is 2.33. The molecule has 0 saturated carbocycles. The van der Waals surface area contributed by atoms with Crippen LogP contribution in [0.2, 0.25) is 0 Å². The van der Waals surface area contributed by atoms with Gasteiger partial charge < -0.3 is 14.9 Å². The first-order valence-corrected chi connectivity index (χ1v) is 7.76. The van der Waals surface area contributed by atoms with E-state index in [0.717, 1.165) is 22.3 Å². The molecule has 0 radical (unpaired) electrons. The lowest BCUT2D eigenvalue weighted by Gasteiger charge is -2.09. The molecule has 2 aromatic heterocycles. The molecule has 1 aromatic carbocycles. The molecule has 0 aliphatic rings. The van der Waals surface area contributed by atoms with E-state index in [0.29, 0.717) is 11.4 Å². The summed E-state index contributed by atoms with van der Waals surface area (Å²) in [6, 6.07) is 8.52. The molecule has 0 amide bonds. The molecule has 0 aliphatic heterocycles. The van der Waals surface area contributed by atoms with Gasteiger partial charge >= 0.3 is 6.18 Å². The van der Waals surface area contributed by atoms with Crippen molar-refractivity contribution >= 4 is 22.2 Å². The quantitative estimate of drug-likeness (QED) is 0.707. The fourth-order valence-electron chi connectivity index (χ4n) is 2.09. The molecule has 2 N–H and O–H groups in total. The molecule has 3 aromatic rings. The summed E-state index contributed by atoms with van der Waals surface area (Å²) in [6.45, 7) is 1.89. The van der Waals surface area contributed by atoms with Crippen LogP contribution in [0.3, 0.4) is 0 Å². The number of benzene rings is 1. The van der Waals surface area contributed by atoms with Crippen molar-refractivity contribution in [1.82, 2.24) is 10.1 Å². The van der Waals surface area contributed by atoms with Crippen molar-refractivity contribution in [2.24, 2.45) is 0 Å². The number of hydrogen-bond acceptors (Lipinski definition) is 6. The molecule has 3 rings (SSSR count). The molecule has 5 nitrogen and oxygen atoms in total. The number of thiazole rings is 1. The summed E-state index contributed by atoms with van der Waals surface area (Å²) in [5, 5.41) is 16.6. The Morgan fingerprint density at radius 3 is 2.50 bits per heavy atom. The van der Waals surface area contributed by atoms with Gasteiger partial charge in [-0.05, 0) is 22.9 Å². The fraction of sp³-hybridized carbons (Fsp3) is 0.200. The molecule has 24 heavy (non-hydrogen) atoms. The second kappa shape index (κ2) is 6.16. The highest BCUT2D eigenvalue weighted by molar-refractivity contribution is 7.13. The van der Waals surface area contributed by atoms with Gasteiger partial charge in [0.15, 0.2) is 10.8 Å². The summed E-state index contributed by atoms with van der Waals surface area (Å²) < 4.78 is 42.6. The van der Waals surface area contributed by atoms with Crippen molar-refractivity contribution in [2.75, 3.05) is 5.32 Å². The molecule has 0 saturated heterocycles. The third-order valence-electron chi connectivity index (χ3n) is 3.40. The average molecular weight is 355 g/mol. The van der Waals surface area contributed by atoms with Crippen molar-refractivity contribution in [3.63, 3.8) is 0 Å². The molecule has 1 atom stereocenters. The van der Waals surface area contributed by atoms with Crippen LogP contribution in [0.4, 0.5) is 24.0 Å². The lowest BCUT2D eigenvalue weighted by molar-refractivity contribution is -0.140. The lowest BCUT2D eigenvalue weighted by atomic mass is 9.98. The number of nitrogens with zero attached hydrogens (tertiary/aromatic N) is 2. The van der Waals surface area contributed by atoms with Crippen molar-refractivity contribution in [2.45, 2.75) is 19.0 Å². The molecule has 0 aliphatic carbocycles. The third kappa shape index (κ3) is 3.51. The minimum absolute atomic E-state index is 0.121. The minimum atomic E-state index is -4.45. The predicted octanol–water partition coefficient (Wildman–Crippen LogP) is 4.75. The number of halogens is 3. The van der Waals surface area contributed by atoms with E-state index >= 15 is 0 Å². The van der Waals surface area contributed by atoms with Crippen LogP contribution in [0.15, 0.2) is 40.2 Å². The van der Waals surface area contributed by atoms with Crippen LogP contribution in [0.5, 0.6) is 5.88 Å². The third-order valence-corrected chi connectivity index (χ3v) is 4.16. The summed E-state index contributed by atoms with van der Waals surface area (Å²) in [5.74, 6) is 0.214. The second-order valence-corrected chi connectivity index (χ2v) is 5.95.